The van der Waals surface area contributed by atoms with Crippen molar-refractivity contribution in [2.24, 2.45) is 5.73 Å². The van der Waals surface area contributed by atoms with Crippen molar-refractivity contribution in [3.05, 3.63) is 34.1 Å². The van der Waals surface area contributed by atoms with Crippen LogP contribution < -0.4 is 5.73 Å². The molecule has 1 atom stereocenters. The van der Waals surface area contributed by atoms with Crippen molar-refractivity contribution in [1.82, 2.24) is 0 Å². The Bertz CT molecular complexity index is 393. The van der Waals surface area contributed by atoms with Gasteiger partial charge in [-0.1, -0.05) is 25.0 Å². The normalized spacial score (nSPS) is 18.2. The Hall–Kier alpha value is -0.0600. The zero-order valence-electron chi connectivity index (χ0n) is 10.4. The van der Waals surface area contributed by atoms with E-state index in [-0.39, 0.29) is 11.9 Å². The average Bonchev–Trinajstić information content (AvgIpc) is 2.86. The van der Waals surface area contributed by atoms with Crippen LogP contribution in [0.2, 0.25) is 0 Å². The smallest absolute Gasteiger partial charge is 0.137 e. The van der Waals surface area contributed by atoms with Crippen molar-refractivity contribution in [1.29, 1.82) is 0 Å². The quantitative estimate of drug-likeness (QED) is 0.877. The van der Waals surface area contributed by atoms with Crippen LogP contribution in [0, 0.1) is 5.82 Å². The van der Waals surface area contributed by atoms with Gasteiger partial charge >= 0.3 is 0 Å². The fourth-order valence-electron chi connectivity index (χ4n) is 2.36. The molecule has 0 amide bonds. The highest BCUT2D eigenvalue weighted by Crippen LogP contribution is 2.30. The second-order valence-electron chi connectivity index (χ2n) is 4.92. The first kappa shape index (κ1) is 14.4. The molecule has 0 radical (unpaired) electrons. The monoisotopic (exact) mass is 331 g/mol. The number of halogens is 2. The minimum atomic E-state index is -0.205. The van der Waals surface area contributed by atoms with Crippen LogP contribution in [0.1, 0.15) is 31.2 Å². The zero-order chi connectivity index (χ0) is 13.0. The Labute approximate surface area is 121 Å². The van der Waals surface area contributed by atoms with Crippen LogP contribution in [-0.2, 0) is 6.42 Å². The number of hydrogen-bond acceptors (Lipinski definition) is 2. The van der Waals surface area contributed by atoms with Gasteiger partial charge in [0.05, 0.1) is 4.47 Å². The number of nitrogens with two attached hydrogens (primary N) is 1. The summed E-state index contributed by atoms with van der Waals surface area (Å²) in [6.45, 7) is 0. The summed E-state index contributed by atoms with van der Waals surface area (Å²) in [5.74, 6) is 0.760. The SMILES string of the molecule is NC(CSC1CCCC1)Cc1cccc(F)c1Br. The van der Waals surface area contributed by atoms with E-state index in [1.165, 1.54) is 31.7 Å². The van der Waals surface area contributed by atoms with E-state index in [1.54, 1.807) is 6.07 Å². The highest BCUT2D eigenvalue weighted by molar-refractivity contribution is 9.10. The Balaban J connectivity index is 1.82. The lowest BCUT2D eigenvalue weighted by molar-refractivity contribution is 0.615. The Kier molecular flexibility index (Phi) is 5.52. The lowest BCUT2D eigenvalue weighted by atomic mass is 10.1. The molecule has 1 unspecified atom stereocenters. The molecule has 0 heterocycles. The van der Waals surface area contributed by atoms with Gasteiger partial charge in [-0.3, -0.25) is 0 Å². The van der Waals surface area contributed by atoms with Crippen molar-refractivity contribution in [3.8, 4) is 0 Å². The first-order valence-electron chi connectivity index (χ1n) is 6.47. The van der Waals surface area contributed by atoms with Crippen LogP contribution in [0.3, 0.4) is 0 Å². The van der Waals surface area contributed by atoms with Gasteiger partial charge in [-0.15, -0.1) is 0 Å². The third-order valence-corrected chi connectivity index (χ3v) is 5.81. The first-order chi connectivity index (χ1) is 8.66. The van der Waals surface area contributed by atoms with E-state index >= 15 is 0 Å². The molecule has 1 aliphatic rings. The zero-order valence-corrected chi connectivity index (χ0v) is 12.8. The number of benzene rings is 1. The third-order valence-electron chi connectivity index (χ3n) is 3.36. The molecule has 0 saturated heterocycles. The first-order valence-corrected chi connectivity index (χ1v) is 8.31. The van der Waals surface area contributed by atoms with Gasteiger partial charge in [-0.25, -0.2) is 4.39 Å². The van der Waals surface area contributed by atoms with Crippen molar-refractivity contribution in [3.63, 3.8) is 0 Å². The summed E-state index contributed by atoms with van der Waals surface area (Å²) >= 11 is 5.28. The minimum absolute atomic E-state index is 0.105. The lowest BCUT2D eigenvalue weighted by Crippen LogP contribution is -2.26. The molecule has 2 N–H and O–H groups in total. The molecule has 4 heteroatoms. The molecule has 0 spiro atoms. The molecule has 0 aliphatic heterocycles. The van der Waals surface area contributed by atoms with E-state index < -0.39 is 0 Å². The Morgan fingerprint density at radius 2 is 2.11 bits per heavy atom. The van der Waals surface area contributed by atoms with Gasteiger partial charge in [0, 0.05) is 17.0 Å². The van der Waals surface area contributed by atoms with E-state index in [0.29, 0.717) is 4.47 Å². The van der Waals surface area contributed by atoms with Gasteiger partial charge in [-0.05, 0) is 46.8 Å². The summed E-state index contributed by atoms with van der Waals surface area (Å²) in [6, 6.07) is 5.25. The molecule has 1 saturated carbocycles. The highest BCUT2D eigenvalue weighted by Gasteiger charge is 2.17. The molecule has 2 rings (SSSR count). The predicted octanol–water partition coefficient (Wildman–Crippen LogP) is 4.13. The van der Waals surface area contributed by atoms with Crippen LogP contribution in [0.4, 0.5) is 4.39 Å². The molecule has 0 aromatic heterocycles. The number of thioether (sulfide) groups is 1. The third kappa shape index (κ3) is 3.97. The summed E-state index contributed by atoms with van der Waals surface area (Å²) in [6.07, 6.45) is 6.13. The Morgan fingerprint density at radius 1 is 1.39 bits per heavy atom. The predicted molar refractivity (Wildman–Crippen MR) is 80.5 cm³/mol. The Morgan fingerprint density at radius 3 is 2.83 bits per heavy atom. The van der Waals surface area contributed by atoms with E-state index in [4.69, 9.17) is 5.73 Å². The van der Waals surface area contributed by atoms with Crippen LogP contribution in [0.15, 0.2) is 22.7 Å². The largest absolute Gasteiger partial charge is 0.327 e. The van der Waals surface area contributed by atoms with Crippen LogP contribution in [0.25, 0.3) is 0 Å². The van der Waals surface area contributed by atoms with Gasteiger partial charge < -0.3 is 5.73 Å². The molecule has 1 aromatic carbocycles. The summed E-state index contributed by atoms with van der Waals surface area (Å²) < 4.78 is 13.9. The molecule has 0 bridgehead atoms. The summed E-state index contributed by atoms with van der Waals surface area (Å²) in [5.41, 5.74) is 7.11. The molecule has 18 heavy (non-hydrogen) atoms. The summed E-state index contributed by atoms with van der Waals surface area (Å²) in [4.78, 5) is 0. The second-order valence-corrected chi connectivity index (χ2v) is 7.04. The fraction of sp³-hybridized carbons (Fsp3) is 0.571. The van der Waals surface area contributed by atoms with Gasteiger partial charge in [0.15, 0.2) is 0 Å². The number of hydrogen-bond donors (Lipinski definition) is 1. The molecule has 100 valence electrons. The molecular weight excluding hydrogens is 313 g/mol. The van der Waals surface area contributed by atoms with Crippen molar-refractivity contribution >= 4 is 27.7 Å². The van der Waals surface area contributed by atoms with Crippen molar-refractivity contribution in [2.45, 2.75) is 43.4 Å². The maximum Gasteiger partial charge on any atom is 0.137 e. The van der Waals surface area contributed by atoms with Crippen molar-refractivity contribution < 1.29 is 4.39 Å². The van der Waals surface area contributed by atoms with Gasteiger partial charge in [-0.2, -0.15) is 11.8 Å². The van der Waals surface area contributed by atoms with Crippen LogP contribution in [0.5, 0.6) is 0 Å². The van der Waals surface area contributed by atoms with E-state index in [1.807, 2.05) is 17.8 Å². The molecule has 1 aliphatic carbocycles. The van der Waals surface area contributed by atoms with Crippen molar-refractivity contribution in [2.75, 3.05) is 5.75 Å². The van der Waals surface area contributed by atoms with Crippen LogP contribution in [-0.4, -0.2) is 17.0 Å². The van der Waals surface area contributed by atoms with E-state index in [0.717, 1.165) is 23.0 Å². The summed E-state index contributed by atoms with van der Waals surface area (Å²) in [5, 5.41) is 0.798. The lowest BCUT2D eigenvalue weighted by Gasteiger charge is -2.15. The second kappa shape index (κ2) is 6.92. The van der Waals surface area contributed by atoms with E-state index in [9.17, 15) is 4.39 Å². The molecule has 1 fully saturated rings. The van der Waals surface area contributed by atoms with Gasteiger partial charge in [0.2, 0.25) is 0 Å². The molecule has 1 aromatic rings. The average molecular weight is 332 g/mol. The topological polar surface area (TPSA) is 26.0 Å². The molecule has 1 nitrogen and oxygen atoms in total. The number of rotatable bonds is 5. The summed E-state index contributed by atoms with van der Waals surface area (Å²) in [7, 11) is 0. The minimum Gasteiger partial charge on any atom is -0.327 e. The van der Waals surface area contributed by atoms with E-state index in [2.05, 4.69) is 15.9 Å². The maximum absolute atomic E-state index is 13.4. The highest BCUT2D eigenvalue weighted by atomic mass is 79.9. The fourth-order valence-corrected chi connectivity index (χ4v) is 4.09. The molecular formula is C14H19BrFNS. The maximum atomic E-state index is 13.4. The van der Waals surface area contributed by atoms with Gasteiger partial charge in [0.25, 0.3) is 0 Å². The van der Waals surface area contributed by atoms with Gasteiger partial charge in [0.1, 0.15) is 5.82 Å². The van der Waals surface area contributed by atoms with Crippen LogP contribution >= 0.6 is 27.7 Å². The standard InChI is InChI=1S/C14H19BrFNS/c15-14-10(4-3-7-13(14)16)8-11(17)9-18-12-5-1-2-6-12/h3-4,7,11-12H,1-2,5-6,8-9,17H2.